The van der Waals surface area contributed by atoms with Gasteiger partial charge >= 0.3 is 5.97 Å². The smallest absolute Gasteiger partial charge is 0.334 e. The van der Waals surface area contributed by atoms with Crippen molar-refractivity contribution in [1.29, 1.82) is 0 Å². The first-order valence-corrected chi connectivity index (χ1v) is 8.77. The molecule has 0 saturated carbocycles. The minimum absolute atomic E-state index is 0.200. The third-order valence-electron chi connectivity index (χ3n) is 6.51. The molecule has 4 nitrogen and oxygen atoms in total. The first-order chi connectivity index (χ1) is 11.3. The fourth-order valence-electron chi connectivity index (χ4n) is 4.95. The predicted octanol–water partition coefficient (Wildman–Crippen LogP) is 3.10. The molecule has 1 aromatic carbocycles. The number of phenols is 1. The molecule has 2 N–H and O–H groups in total. The number of benzene rings is 1. The Bertz CT molecular complexity index is 776. The van der Waals surface area contributed by atoms with Gasteiger partial charge in [0.05, 0.1) is 5.60 Å². The van der Waals surface area contributed by atoms with Gasteiger partial charge < -0.3 is 14.9 Å². The first-order valence-electron chi connectivity index (χ1n) is 8.77. The lowest BCUT2D eigenvalue weighted by Gasteiger charge is -2.52. The predicted molar refractivity (Wildman–Crippen MR) is 90.0 cm³/mol. The topological polar surface area (TPSA) is 66.8 Å². The second-order valence-corrected chi connectivity index (χ2v) is 7.91. The lowest BCUT2D eigenvalue weighted by atomic mass is 9.54. The number of phenolic OH excluding ortho intramolecular Hbond substituents is 1. The van der Waals surface area contributed by atoms with Gasteiger partial charge in [-0.3, -0.25) is 0 Å². The van der Waals surface area contributed by atoms with Crippen molar-refractivity contribution in [3.63, 3.8) is 0 Å². The summed E-state index contributed by atoms with van der Waals surface area (Å²) < 4.78 is 5.20. The second kappa shape index (κ2) is 4.85. The Kier molecular flexibility index (Phi) is 3.17. The summed E-state index contributed by atoms with van der Waals surface area (Å²) in [5.41, 5.74) is 2.80. The Morgan fingerprint density at radius 1 is 1.21 bits per heavy atom. The highest BCUT2D eigenvalue weighted by atomic mass is 16.5. The summed E-state index contributed by atoms with van der Waals surface area (Å²) in [5.74, 6) is 0.360. The molecule has 2 atom stereocenters. The molecule has 24 heavy (non-hydrogen) atoms. The average molecular weight is 328 g/mol. The molecule has 128 valence electrons. The quantitative estimate of drug-likeness (QED) is 0.778. The van der Waals surface area contributed by atoms with E-state index in [4.69, 9.17) is 4.74 Å². The lowest BCUT2D eigenvalue weighted by molar-refractivity contribution is -0.136. The zero-order valence-corrected chi connectivity index (χ0v) is 14.5. The van der Waals surface area contributed by atoms with Gasteiger partial charge in [0.25, 0.3) is 0 Å². The molecule has 0 radical (unpaired) electrons. The summed E-state index contributed by atoms with van der Waals surface area (Å²) in [6.45, 7) is 6.40. The molecule has 0 spiro atoms. The third kappa shape index (κ3) is 1.75. The summed E-state index contributed by atoms with van der Waals surface area (Å²) >= 11 is 0. The van der Waals surface area contributed by atoms with Crippen molar-refractivity contribution in [2.75, 3.05) is 6.61 Å². The van der Waals surface area contributed by atoms with Crippen LogP contribution >= 0.6 is 0 Å². The second-order valence-electron chi connectivity index (χ2n) is 7.91. The van der Waals surface area contributed by atoms with Gasteiger partial charge in [-0.05, 0) is 48.3 Å². The summed E-state index contributed by atoms with van der Waals surface area (Å²) in [6.07, 6.45) is 2.43. The maximum absolute atomic E-state index is 11.9. The van der Waals surface area contributed by atoms with E-state index in [9.17, 15) is 15.0 Å². The van der Waals surface area contributed by atoms with E-state index in [1.54, 1.807) is 0 Å². The van der Waals surface area contributed by atoms with Gasteiger partial charge in [0.2, 0.25) is 0 Å². The summed E-state index contributed by atoms with van der Waals surface area (Å²) in [4.78, 5) is 11.9. The minimum atomic E-state index is -1.06. The highest BCUT2D eigenvalue weighted by Gasteiger charge is 2.58. The fourth-order valence-corrected chi connectivity index (χ4v) is 4.95. The Labute approximate surface area is 142 Å². The van der Waals surface area contributed by atoms with E-state index in [1.165, 1.54) is 0 Å². The molecular weight excluding hydrogens is 304 g/mol. The maximum atomic E-state index is 11.9. The van der Waals surface area contributed by atoms with Crippen molar-refractivity contribution in [3.8, 4) is 5.75 Å². The third-order valence-corrected chi connectivity index (χ3v) is 6.51. The molecule has 0 saturated heterocycles. The first kappa shape index (κ1) is 15.7. The SMILES string of the molecule is CC(C)c1ccc2c(c1O)CC[C@@]1(O)C3=C(CC[C@]21C)C(=O)OC3. The van der Waals surface area contributed by atoms with Crippen molar-refractivity contribution in [3.05, 3.63) is 40.0 Å². The molecule has 1 aliphatic heterocycles. The molecule has 0 amide bonds. The number of rotatable bonds is 1. The normalized spacial score (nSPS) is 31.6. The van der Waals surface area contributed by atoms with Gasteiger partial charge in [0.1, 0.15) is 12.4 Å². The molecule has 1 heterocycles. The van der Waals surface area contributed by atoms with Gasteiger partial charge in [-0.15, -0.1) is 0 Å². The summed E-state index contributed by atoms with van der Waals surface area (Å²) in [5, 5.41) is 22.3. The number of carbonyl (C=O) groups is 1. The van der Waals surface area contributed by atoms with Crippen LogP contribution in [0, 0.1) is 0 Å². The van der Waals surface area contributed by atoms with Crippen molar-refractivity contribution in [2.45, 2.75) is 63.4 Å². The van der Waals surface area contributed by atoms with E-state index >= 15 is 0 Å². The molecule has 2 aliphatic carbocycles. The number of hydrogen-bond donors (Lipinski definition) is 2. The number of cyclic esters (lactones) is 1. The number of carbonyl (C=O) groups excluding carboxylic acids is 1. The van der Waals surface area contributed by atoms with Crippen LogP contribution in [0.5, 0.6) is 5.75 Å². The van der Waals surface area contributed by atoms with E-state index < -0.39 is 11.0 Å². The summed E-state index contributed by atoms with van der Waals surface area (Å²) in [7, 11) is 0. The molecule has 3 aliphatic rings. The monoisotopic (exact) mass is 328 g/mol. The number of ether oxygens (including phenoxy) is 1. The van der Waals surface area contributed by atoms with E-state index in [1.807, 2.05) is 6.07 Å². The van der Waals surface area contributed by atoms with Crippen LogP contribution in [0.4, 0.5) is 0 Å². The standard InChI is InChI=1S/C20H24O4/c1-11(2)12-4-5-15-13(17(12)21)7-9-20(23)16-10-24-18(22)14(16)6-8-19(15,20)3/h4-5,11,21,23H,6-10H2,1-3H3/t19-,20-/m1/s1. The molecule has 1 aromatic rings. The minimum Gasteiger partial charge on any atom is -0.507 e. The zero-order chi connectivity index (χ0) is 17.3. The van der Waals surface area contributed by atoms with Gasteiger partial charge in [-0.2, -0.15) is 0 Å². The van der Waals surface area contributed by atoms with E-state index in [0.717, 1.165) is 22.3 Å². The van der Waals surface area contributed by atoms with Crippen LogP contribution in [-0.4, -0.2) is 28.4 Å². The van der Waals surface area contributed by atoms with Crippen LogP contribution < -0.4 is 0 Å². The van der Waals surface area contributed by atoms with E-state index in [0.29, 0.717) is 37.0 Å². The largest absolute Gasteiger partial charge is 0.507 e. The highest BCUT2D eigenvalue weighted by molar-refractivity contribution is 5.93. The number of aliphatic hydroxyl groups is 1. The van der Waals surface area contributed by atoms with Crippen molar-refractivity contribution in [1.82, 2.24) is 0 Å². The Morgan fingerprint density at radius 3 is 2.67 bits per heavy atom. The van der Waals surface area contributed by atoms with Crippen LogP contribution in [0.1, 0.15) is 62.6 Å². The van der Waals surface area contributed by atoms with Crippen molar-refractivity contribution >= 4 is 5.97 Å². The van der Waals surface area contributed by atoms with Gasteiger partial charge in [0.15, 0.2) is 0 Å². The highest BCUT2D eigenvalue weighted by Crippen LogP contribution is 2.57. The maximum Gasteiger partial charge on any atom is 0.334 e. The molecule has 0 aromatic heterocycles. The zero-order valence-electron chi connectivity index (χ0n) is 14.5. The Morgan fingerprint density at radius 2 is 1.96 bits per heavy atom. The molecule has 0 fully saturated rings. The average Bonchev–Trinajstić information content (AvgIpc) is 2.91. The molecule has 4 rings (SSSR count). The van der Waals surface area contributed by atoms with Crippen molar-refractivity contribution in [2.24, 2.45) is 0 Å². The molecular formula is C20H24O4. The van der Waals surface area contributed by atoms with Crippen LogP contribution in [0.15, 0.2) is 23.3 Å². The lowest BCUT2D eigenvalue weighted by Crippen LogP contribution is -2.56. The van der Waals surface area contributed by atoms with E-state index in [2.05, 4.69) is 26.8 Å². The van der Waals surface area contributed by atoms with Gasteiger partial charge in [-0.25, -0.2) is 4.79 Å². The Hall–Kier alpha value is -1.81. The van der Waals surface area contributed by atoms with Crippen LogP contribution in [0.3, 0.4) is 0 Å². The molecule has 4 heteroatoms. The van der Waals surface area contributed by atoms with Crippen LogP contribution in [-0.2, 0) is 21.4 Å². The number of esters is 1. The van der Waals surface area contributed by atoms with Gasteiger partial charge in [-0.1, -0.05) is 32.9 Å². The van der Waals surface area contributed by atoms with Crippen molar-refractivity contribution < 1.29 is 19.7 Å². The van der Waals surface area contributed by atoms with Gasteiger partial charge in [0, 0.05) is 16.6 Å². The molecule has 0 unspecified atom stereocenters. The number of fused-ring (bicyclic) bond motifs is 4. The number of hydrogen-bond acceptors (Lipinski definition) is 4. The Balaban J connectivity index is 1.90. The van der Waals surface area contributed by atoms with Crippen LogP contribution in [0.2, 0.25) is 0 Å². The summed E-state index contributed by atoms with van der Waals surface area (Å²) in [6, 6.07) is 4.05. The van der Waals surface area contributed by atoms with Crippen LogP contribution in [0.25, 0.3) is 0 Å². The molecule has 0 bridgehead atoms. The van der Waals surface area contributed by atoms with E-state index in [-0.39, 0.29) is 18.5 Å². The number of aromatic hydroxyl groups is 1. The fraction of sp³-hybridized carbons (Fsp3) is 0.550.